The van der Waals surface area contributed by atoms with Crippen LogP contribution in [0.1, 0.15) is 40.4 Å². The van der Waals surface area contributed by atoms with E-state index in [0.29, 0.717) is 36.9 Å². The van der Waals surface area contributed by atoms with Crippen LogP contribution in [0.3, 0.4) is 0 Å². The SMILES string of the molecule is CCOc1cc(C=NNC(=O)c2ccncc2)ccc1OCCCOc1ccc(C)c(C)c1. The molecule has 1 aromatic heterocycles. The Bertz CT molecular complexity index is 1080. The Hall–Kier alpha value is -3.87. The first-order chi connectivity index (χ1) is 16.1. The molecule has 7 nitrogen and oxygen atoms in total. The van der Waals surface area contributed by atoms with Crippen LogP contribution >= 0.6 is 0 Å². The molecule has 7 heteroatoms. The summed E-state index contributed by atoms with van der Waals surface area (Å²) in [7, 11) is 0. The molecule has 172 valence electrons. The highest BCUT2D eigenvalue weighted by molar-refractivity contribution is 5.94. The van der Waals surface area contributed by atoms with Gasteiger partial charge in [0.15, 0.2) is 11.5 Å². The molecule has 0 atom stereocenters. The Morgan fingerprint density at radius 2 is 1.73 bits per heavy atom. The molecule has 0 radical (unpaired) electrons. The Kier molecular flexibility index (Phi) is 8.82. The van der Waals surface area contributed by atoms with Crippen LogP contribution < -0.4 is 19.6 Å². The van der Waals surface area contributed by atoms with Crippen molar-refractivity contribution < 1.29 is 19.0 Å². The Morgan fingerprint density at radius 1 is 0.939 bits per heavy atom. The van der Waals surface area contributed by atoms with Crippen molar-refractivity contribution in [1.29, 1.82) is 0 Å². The first-order valence-corrected chi connectivity index (χ1v) is 10.9. The van der Waals surface area contributed by atoms with Gasteiger partial charge in [0.2, 0.25) is 0 Å². The van der Waals surface area contributed by atoms with Gasteiger partial charge >= 0.3 is 0 Å². The van der Waals surface area contributed by atoms with E-state index >= 15 is 0 Å². The summed E-state index contributed by atoms with van der Waals surface area (Å²) in [6.45, 7) is 7.64. The lowest BCUT2D eigenvalue weighted by atomic mass is 10.1. The number of benzene rings is 2. The first kappa shape index (κ1) is 23.8. The summed E-state index contributed by atoms with van der Waals surface area (Å²) in [5.41, 5.74) is 6.23. The number of ether oxygens (including phenoxy) is 3. The standard InChI is InChI=1S/C26H29N3O4/c1-4-31-25-17-21(18-28-29-26(30)22-10-12-27-13-11-22)7-9-24(25)33-15-5-14-32-23-8-6-19(2)20(3)16-23/h6-13,16-18H,4-5,14-15H2,1-3H3,(H,29,30). The molecule has 1 amide bonds. The van der Waals surface area contributed by atoms with Gasteiger partial charge in [-0.25, -0.2) is 5.43 Å². The van der Waals surface area contributed by atoms with Crippen LogP contribution in [0.25, 0.3) is 0 Å². The highest BCUT2D eigenvalue weighted by Crippen LogP contribution is 2.28. The normalized spacial score (nSPS) is 10.8. The molecule has 0 unspecified atom stereocenters. The maximum Gasteiger partial charge on any atom is 0.271 e. The van der Waals surface area contributed by atoms with Gasteiger partial charge in [0.1, 0.15) is 5.75 Å². The molecular weight excluding hydrogens is 418 g/mol. The molecule has 0 fully saturated rings. The molecule has 0 bridgehead atoms. The van der Waals surface area contributed by atoms with Crippen molar-refractivity contribution >= 4 is 12.1 Å². The molecule has 3 rings (SSSR count). The molecule has 2 aromatic carbocycles. The smallest absolute Gasteiger partial charge is 0.271 e. The van der Waals surface area contributed by atoms with Gasteiger partial charge in [-0.05, 0) is 79.9 Å². The van der Waals surface area contributed by atoms with Crippen LogP contribution in [0.5, 0.6) is 17.2 Å². The molecule has 1 N–H and O–H groups in total. The number of pyridine rings is 1. The second-order valence-corrected chi connectivity index (χ2v) is 7.37. The van der Waals surface area contributed by atoms with Crippen molar-refractivity contribution in [3.05, 3.63) is 83.2 Å². The van der Waals surface area contributed by atoms with Crippen molar-refractivity contribution in [3.8, 4) is 17.2 Å². The van der Waals surface area contributed by atoms with Crippen LogP contribution in [0.15, 0.2) is 66.0 Å². The molecule has 0 aliphatic carbocycles. The van der Waals surface area contributed by atoms with Crippen molar-refractivity contribution in [1.82, 2.24) is 10.4 Å². The molecular formula is C26H29N3O4. The van der Waals surface area contributed by atoms with E-state index in [-0.39, 0.29) is 5.91 Å². The first-order valence-electron chi connectivity index (χ1n) is 10.9. The Labute approximate surface area is 194 Å². The van der Waals surface area contributed by atoms with E-state index < -0.39 is 0 Å². The van der Waals surface area contributed by atoms with Gasteiger partial charge in [0.25, 0.3) is 5.91 Å². The second-order valence-electron chi connectivity index (χ2n) is 7.37. The summed E-state index contributed by atoms with van der Waals surface area (Å²) in [5, 5.41) is 4.02. The summed E-state index contributed by atoms with van der Waals surface area (Å²) in [6.07, 6.45) is 5.41. The highest BCUT2D eigenvalue weighted by Gasteiger charge is 2.07. The fourth-order valence-corrected chi connectivity index (χ4v) is 2.96. The molecule has 3 aromatic rings. The van der Waals surface area contributed by atoms with Crippen LogP contribution in [0.4, 0.5) is 0 Å². The second kappa shape index (κ2) is 12.2. The fourth-order valence-electron chi connectivity index (χ4n) is 2.96. The van der Waals surface area contributed by atoms with Gasteiger partial charge in [0, 0.05) is 24.4 Å². The summed E-state index contributed by atoms with van der Waals surface area (Å²) >= 11 is 0. The minimum absolute atomic E-state index is 0.304. The number of rotatable bonds is 11. The number of carbonyl (C=O) groups excluding carboxylic acids is 1. The van der Waals surface area contributed by atoms with Gasteiger partial charge in [-0.1, -0.05) is 6.07 Å². The van der Waals surface area contributed by atoms with Crippen LogP contribution in [-0.4, -0.2) is 36.9 Å². The molecule has 33 heavy (non-hydrogen) atoms. The van der Waals surface area contributed by atoms with E-state index in [4.69, 9.17) is 14.2 Å². The number of hydrazone groups is 1. The number of amides is 1. The van der Waals surface area contributed by atoms with Crippen molar-refractivity contribution in [2.75, 3.05) is 19.8 Å². The van der Waals surface area contributed by atoms with Crippen LogP contribution in [0, 0.1) is 13.8 Å². The van der Waals surface area contributed by atoms with Gasteiger partial charge < -0.3 is 14.2 Å². The summed E-state index contributed by atoms with van der Waals surface area (Å²) in [6, 6.07) is 14.8. The van der Waals surface area contributed by atoms with E-state index in [1.165, 1.54) is 11.1 Å². The minimum atomic E-state index is -0.304. The lowest BCUT2D eigenvalue weighted by molar-refractivity contribution is 0.0955. The molecule has 0 saturated heterocycles. The van der Waals surface area contributed by atoms with E-state index in [2.05, 4.69) is 35.4 Å². The number of carbonyl (C=O) groups is 1. The average molecular weight is 448 g/mol. The molecule has 1 heterocycles. The van der Waals surface area contributed by atoms with Crippen molar-refractivity contribution in [3.63, 3.8) is 0 Å². The lowest BCUT2D eigenvalue weighted by Crippen LogP contribution is -2.17. The van der Waals surface area contributed by atoms with Gasteiger partial charge in [-0.3, -0.25) is 9.78 Å². The Morgan fingerprint density at radius 3 is 2.48 bits per heavy atom. The lowest BCUT2D eigenvalue weighted by Gasteiger charge is -2.13. The minimum Gasteiger partial charge on any atom is -0.493 e. The fraction of sp³-hybridized carbons (Fsp3) is 0.269. The topological polar surface area (TPSA) is 82.0 Å². The quantitative estimate of drug-likeness (QED) is 0.262. The third kappa shape index (κ3) is 7.35. The Balaban J connectivity index is 1.50. The number of nitrogens with one attached hydrogen (secondary N) is 1. The van der Waals surface area contributed by atoms with E-state index in [9.17, 15) is 4.79 Å². The van der Waals surface area contributed by atoms with Gasteiger partial charge in [-0.15, -0.1) is 0 Å². The third-order valence-electron chi connectivity index (χ3n) is 4.88. The van der Waals surface area contributed by atoms with Crippen molar-refractivity contribution in [2.45, 2.75) is 27.2 Å². The molecule has 0 aliphatic rings. The maximum atomic E-state index is 12.0. The number of hydrogen-bond donors (Lipinski definition) is 1. The van der Waals surface area contributed by atoms with E-state index in [1.807, 2.05) is 37.3 Å². The van der Waals surface area contributed by atoms with E-state index in [1.54, 1.807) is 30.7 Å². The zero-order chi connectivity index (χ0) is 23.5. The zero-order valence-corrected chi connectivity index (χ0v) is 19.2. The highest BCUT2D eigenvalue weighted by atomic mass is 16.5. The number of aromatic nitrogens is 1. The van der Waals surface area contributed by atoms with Crippen molar-refractivity contribution in [2.24, 2.45) is 5.10 Å². The van der Waals surface area contributed by atoms with Gasteiger partial charge in [-0.2, -0.15) is 5.10 Å². The summed E-state index contributed by atoms with van der Waals surface area (Å²) in [4.78, 5) is 15.9. The average Bonchev–Trinajstić information content (AvgIpc) is 2.83. The summed E-state index contributed by atoms with van der Waals surface area (Å²) < 4.78 is 17.4. The molecule has 0 saturated carbocycles. The largest absolute Gasteiger partial charge is 0.493 e. The third-order valence-corrected chi connectivity index (χ3v) is 4.88. The van der Waals surface area contributed by atoms with Crippen LogP contribution in [0.2, 0.25) is 0 Å². The number of hydrogen-bond acceptors (Lipinski definition) is 6. The number of nitrogens with zero attached hydrogens (tertiary/aromatic N) is 2. The maximum absolute atomic E-state index is 12.0. The molecule has 0 aliphatic heterocycles. The summed E-state index contributed by atoms with van der Waals surface area (Å²) in [5.74, 6) is 1.84. The molecule has 0 spiro atoms. The predicted molar refractivity (Wildman–Crippen MR) is 128 cm³/mol. The van der Waals surface area contributed by atoms with Gasteiger partial charge in [0.05, 0.1) is 26.0 Å². The number of aryl methyl sites for hydroxylation is 2. The monoisotopic (exact) mass is 447 g/mol. The predicted octanol–water partition coefficient (Wildman–Crippen LogP) is 4.71. The van der Waals surface area contributed by atoms with E-state index in [0.717, 1.165) is 17.7 Å². The van der Waals surface area contributed by atoms with Crippen LogP contribution in [-0.2, 0) is 0 Å². The zero-order valence-electron chi connectivity index (χ0n) is 19.2.